The van der Waals surface area contributed by atoms with Crippen LogP contribution in [-0.2, 0) is 0 Å². The van der Waals surface area contributed by atoms with Crippen LogP contribution in [0.3, 0.4) is 0 Å². The number of nitrogens with one attached hydrogen (secondary N) is 1. The van der Waals surface area contributed by atoms with E-state index in [1.54, 1.807) is 12.1 Å². The van der Waals surface area contributed by atoms with Crippen molar-refractivity contribution in [2.75, 3.05) is 32.9 Å². The molecule has 6 heteroatoms. The van der Waals surface area contributed by atoms with Gasteiger partial charge in [0.05, 0.1) is 16.1 Å². The Morgan fingerprint density at radius 1 is 1.17 bits per heavy atom. The van der Waals surface area contributed by atoms with Gasteiger partial charge in [-0.2, -0.15) is 0 Å². The number of hydrogen-bond acceptors (Lipinski definition) is 2. The molecule has 0 amide bonds. The van der Waals surface area contributed by atoms with Gasteiger partial charge in [-0.15, -0.1) is 0 Å². The van der Waals surface area contributed by atoms with E-state index in [9.17, 15) is 4.39 Å². The summed E-state index contributed by atoms with van der Waals surface area (Å²) < 4.78 is 13.4. The predicted octanol–water partition coefficient (Wildman–Crippen LogP) is 3.56. The Morgan fingerprint density at radius 3 is 2.39 bits per heavy atom. The molecule has 1 heterocycles. The van der Waals surface area contributed by atoms with E-state index in [1.807, 2.05) is 4.90 Å². The zero-order valence-electron chi connectivity index (χ0n) is 9.73. The fourth-order valence-electron chi connectivity index (χ4n) is 2.20. The molecule has 0 unspecified atom stereocenters. The number of hydrogen-bond donors (Lipinski definition) is 1. The van der Waals surface area contributed by atoms with Crippen LogP contribution in [0, 0.1) is 0 Å². The van der Waals surface area contributed by atoms with Crippen molar-refractivity contribution in [3.63, 3.8) is 0 Å². The zero-order chi connectivity index (χ0) is 13.1. The molecule has 0 saturated carbocycles. The minimum atomic E-state index is -0.528. The number of alkyl halides is 1. The average Bonchev–Trinajstić information content (AvgIpc) is 2.40. The Kier molecular flexibility index (Phi) is 5.10. The van der Waals surface area contributed by atoms with Gasteiger partial charge >= 0.3 is 0 Å². The van der Waals surface area contributed by atoms with E-state index in [-0.39, 0.29) is 0 Å². The van der Waals surface area contributed by atoms with E-state index in [4.69, 9.17) is 34.8 Å². The monoisotopic (exact) mass is 310 g/mol. The summed E-state index contributed by atoms with van der Waals surface area (Å²) in [6.45, 7) is 2.69. The van der Waals surface area contributed by atoms with Crippen LogP contribution < -0.4 is 5.32 Å². The first kappa shape index (κ1) is 14.4. The fraction of sp³-hybridized carbons (Fsp3) is 0.500. The lowest BCUT2D eigenvalue weighted by atomic mass is 10.1. The van der Waals surface area contributed by atoms with Crippen molar-refractivity contribution in [1.29, 1.82) is 0 Å². The maximum Gasteiger partial charge on any atom is 0.109 e. The minimum absolute atomic E-state index is 0.352. The molecule has 1 aromatic carbocycles. The van der Waals surface area contributed by atoms with Crippen molar-refractivity contribution in [1.82, 2.24) is 10.2 Å². The SMILES string of the molecule is FC[C@H](c1c(Cl)ccc(Cl)c1Cl)N1CCNCC1. The topological polar surface area (TPSA) is 15.3 Å². The van der Waals surface area contributed by atoms with Gasteiger partial charge in [-0.05, 0) is 12.1 Å². The van der Waals surface area contributed by atoms with E-state index in [1.165, 1.54) is 0 Å². The molecule has 0 bridgehead atoms. The standard InChI is InChI=1S/C12H14Cl3FN2/c13-8-1-2-9(14)12(15)11(8)10(7-16)18-5-3-17-4-6-18/h1-2,10,17H,3-7H2/t10-/m1/s1. The molecular weight excluding hydrogens is 298 g/mol. The zero-order valence-corrected chi connectivity index (χ0v) is 12.0. The highest BCUT2D eigenvalue weighted by Gasteiger charge is 2.26. The van der Waals surface area contributed by atoms with Crippen LogP contribution in [0.5, 0.6) is 0 Å². The van der Waals surface area contributed by atoms with Crippen molar-refractivity contribution in [3.05, 3.63) is 32.8 Å². The smallest absolute Gasteiger partial charge is 0.109 e. The molecule has 0 spiro atoms. The summed E-state index contributed by atoms with van der Waals surface area (Å²) in [5.74, 6) is 0. The van der Waals surface area contributed by atoms with E-state index in [0.717, 1.165) is 26.2 Å². The van der Waals surface area contributed by atoms with Crippen LogP contribution >= 0.6 is 34.8 Å². The maximum atomic E-state index is 13.4. The summed E-state index contributed by atoms with van der Waals surface area (Å²) in [7, 11) is 0. The Hall–Kier alpha value is -0.0600. The van der Waals surface area contributed by atoms with Crippen LogP contribution in [0.15, 0.2) is 12.1 Å². The molecule has 2 nitrogen and oxygen atoms in total. The second-order valence-electron chi connectivity index (χ2n) is 4.21. The third-order valence-corrected chi connectivity index (χ3v) is 4.30. The van der Waals surface area contributed by atoms with E-state index >= 15 is 0 Å². The van der Waals surface area contributed by atoms with Gasteiger partial charge in [0.15, 0.2) is 0 Å². The summed E-state index contributed by atoms with van der Waals surface area (Å²) in [5.41, 5.74) is 0.593. The fourth-order valence-corrected chi connectivity index (χ4v) is 2.99. The van der Waals surface area contributed by atoms with E-state index in [0.29, 0.717) is 20.6 Å². The Bertz CT molecular complexity index is 422. The second-order valence-corrected chi connectivity index (χ2v) is 5.41. The van der Waals surface area contributed by atoms with Crippen LogP contribution in [0.2, 0.25) is 15.1 Å². The number of benzene rings is 1. The Morgan fingerprint density at radius 2 is 1.78 bits per heavy atom. The van der Waals surface area contributed by atoms with Crippen LogP contribution in [0.25, 0.3) is 0 Å². The molecule has 1 atom stereocenters. The van der Waals surface area contributed by atoms with Gasteiger partial charge in [-0.25, -0.2) is 4.39 Å². The van der Waals surface area contributed by atoms with E-state index in [2.05, 4.69) is 5.32 Å². The predicted molar refractivity (Wildman–Crippen MR) is 74.6 cm³/mol. The molecule has 18 heavy (non-hydrogen) atoms. The van der Waals surface area contributed by atoms with Gasteiger partial charge in [0.25, 0.3) is 0 Å². The molecule has 1 N–H and O–H groups in total. The van der Waals surface area contributed by atoms with Crippen molar-refractivity contribution in [2.45, 2.75) is 6.04 Å². The molecular formula is C12H14Cl3FN2. The molecule has 0 radical (unpaired) electrons. The summed E-state index contributed by atoms with van der Waals surface area (Å²) in [6.07, 6.45) is 0. The summed E-state index contributed by atoms with van der Waals surface area (Å²) in [6, 6.07) is 2.87. The third kappa shape index (κ3) is 2.91. The molecule has 1 aliphatic heterocycles. The summed E-state index contributed by atoms with van der Waals surface area (Å²) in [4.78, 5) is 2.04. The van der Waals surface area contributed by atoms with Gasteiger partial charge < -0.3 is 5.32 Å². The van der Waals surface area contributed by atoms with Crippen LogP contribution in [0.1, 0.15) is 11.6 Å². The normalized spacial score (nSPS) is 18.9. The highest BCUT2D eigenvalue weighted by Crippen LogP contribution is 2.38. The molecule has 100 valence electrons. The number of rotatable bonds is 3. The first-order chi connectivity index (χ1) is 8.65. The van der Waals surface area contributed by atoms with Gasteiger partial charge in [-0.1, -0.05) is 34.8 Å². The lowest BCUT2D eigenvalue weighted by Gasteiger charge is -2.34. The molecule has 1 aromatic rings. The summed E-state index contributed by atoms with van der Waals surface area (Å²) in [5, 5.41) is 4.45. The molecule has 0 aromatic heterocycles. The van der Waals surface area contributed by atoms with Crippen LogP contribution in [0.4, 0.5) is 4.39 Å². The molecule has 1 fully saturated rings. The lowest BCUT2D eigenvalue weighted by Crippen LogP contribution is -2.45. The average molecular weight is 312 g/mol. The molecule has 1 aliphatic rings. The first-order valence-corrected chi connectivity index (χ1v) is 6.92. The van der Waals surface area contributed by atoms with Gasteiger partial charge in [-0.3, -0.25) is 4.90 Å². The third-order valence-electron chi connectivity index (χ3n) is 3.15. The van der Waals surface area contributed by atoms with Crippen molar-refractivity contribution >= 4 is 34.8 Å². The highest BCUT2D eigenvalue weighted by atomic mass is 35.5. The summed E-state index contributed by atoms with van der Waals surface area (Å²) >= 11 is 18.3. The largest absolute Gasteiger partial charge is 0.314 e. The minimum Gasteiger partial charge on any atom is -0.314 e. The lowest BCUT2D eigenvalue weighted by molar-refractivity contribution is 0.147. The van der Waals surface area contributed by atoms with Crippen molar-refractivity contribution in [3.8, 4) is 0 Å². The number of halogens is 4. The maximum absolute atomic E-state index is 13.4. The first-order valence-electron chi connectivity index (χ1n) is 5.79. The molecule has 1 saturated heterocycles. The van der Waals surface area contributed by atoms with Crippen LogP contribution in [-0.4, -0.2) is 37.8 Å². The quantitative estimate of drug-likeness (QED) is 0.859. The highest BCUT2D eigenvalue weighted by molar-refractivity contribution is 6.44. The van der Waals surface area contributed by atoms with Crippen molar-refractivity contribution in [2.24, 2.45) is 0 Å². The second kappa shape index (κ2) is 6.40. The van der Waals surface area contributed by atoms with Gasteiger partial charge in [0.1, 0.15) is 6.67 Å². The number of piperazine rings is 1. The Labute approximate surface area is 121 Å². The molecule has 2 rings (SSSR count). The Balaban J connectivity index is 2.34. The van der Waals surface area contributed by atoms with Gasteiger partial charge in [0, 0.05) is 36.8 Å². The van der Waals surface area contributed by atoms with Crippen molar-refractivity contribution < 1.29 is 4.39 Å². The number of nitrogens with zero attached hydrogens (tertiary/aromatic N) is 1. The molecule has 0 aliphatic carbocycles. The van der Waals surface area contributed by atoms with Gasteiger partial charge in [0.2, 0.25) is 0 Å². The van der Waals surface area contributed by atoms with E-state index < -0.39 is 12.7 Å².